The smallest absolute Gasteiger partial charge is 0.278 e. The van der Waals surface area contributed by atoms with Crippen molar-refractivity contribution in [2.45, 2.75) is 0 Å². The average Bonchev–Trinajstić information content (AvgIpc) is 2.28. The molecule has 2 N–H and O–H groups in total. The van der Waals surface area contributed by atoms with Crippen molar-refractivity contribution < 1.29 is 4.79 Å². The van der Waals surface area contributed by atoms with E-state index in [1.165, 1.54) is 17.8 Å². The van der Waals surface area contributed by atoms with Crippen molar-refractivity contribution in [2.24, 2.45) is 12.9 Å². The molecular weight excluding hydrogens is 180 g/mol. The van der Waals surface area contributed by atoms with Crippen molar-refractivity contribution in [1.29, 1.82) is 0 Å². The molecule has 1 aromatic heterocycles. The van der Waals surface area contributed by atoms with Crippen molar-refractivity contribution in [3.05, 3.63) is 16.9 Å². The second-order valence-corrected chi connectivity index (χ2v) is 2.78. The number of rotatable bonds is 1. The van der Waals surface area contributed by atoms with E-state index in [1.807, 2.05) is 0 Å². The van der Waals surface area contributed by atoms with Gasteiger partial charge in [0.25, 0.3) is 5.91 Å². The normalized spacial score (nSPS) is 10.0. The molecule has 0 aliphatic carbocycles. The maximum absolute atomic E-state index is 11.3. The standard InChI is InChI=1S/C6H9ClN4O/c1-10(8)6(12)4-3-5(7)9-11(4)2/h3H,8H2,1-2H3. The van der Waals surface area contributed by atoms with Crippen LogP contribution in [0.4, 0.5) is 0 Å². The summed E-state index contributed by atoms with van der Waals surface area (Å²) in [5, 5.41) is 5.05. The number of aromatic nitrogens is 2. The summed E-state index contributed by atoms with van der Waals surface area (Å²) in [6.07, 6.45) is 0. The molecule has 0 bridgehead atoms. The summed E-state index contributed by atoms with van der Waals surface area (Å²) in [5.41, 5.74) is 0.366. The van der Waals surface area contributed by atoms with Crippen LogP contribution in [0.5, 0.6) is 0 Å². The lowest BCUT2D eigenvalue weighted by atomic mass is 10.4. The first kappa shape index (κ1) is 9.02. The molecule has 0 aliphatic heterocycles. The highest BCUT2D eigenvalue weighted by molar-refractivity contribution is 6.29. The molecule has 1 rings (SSSR count). The third kappa shape index (κ3) is 1.57. The Bertz CT molecular complexity index is 306. The number of hydrogen-bond acceptors (Lipinski definition) is 3. The third-order valence-corrected chi connectivity index (χ3v) is 1.57. The van der Waals surface area contributed by atoms with Gasteiger partial charge < -0.3 is 0 Å². The van der Waals surface area contributed by atoms with E-state index >= 15 is 0 Å². The highest BCUT2D eigenvalue weighted by atomic mass is 35.5. The van der Waals surface area contributed by atoms with Crippen LogP contribution in [0.3, 0.4) is 0 Å². The molecule has 66 valence electrons. The van der Waals surface area contributed by atoms with Crippen molar-refractivity contribution in [3.8, 4) is 0 Å². The van der Waals surface area contributed by atoms with Gasteiger partial charge in [0.05, 0.1) is 0 Å². The Morgan fingerprint density at radius 3 is 2.75 bits per heavy atom. The summed E-state index contributed by atoms with van der Waals surface area (Å²) in [4.78, 5) is 11.3. The molecule has 0 aliphatic rings. The van der Waals surface area contributed by atoms with Gasteiger partial charge >= 0.3 is 0 Å². The van der Waals surface area contributed by atoms with Gasteiger partial charge in [-0.3, -0.25) is 14.5 Å². The minimum absolute atomic E-state index is 0.280. The molecule has 0 unspecified atom stereocenters. The summed E-state index contributed by atoms with van der Waals surface area (Å²) in [6.45, 7) is 0. The molecule has 0 spiro atoms. The molecule has 0 aromatic carbocycles. The van der Waals surface area contributed by atoms with Crippen LogP contribution in [-0.4, -0.2) is 27.7 Å². The predicted molar refractivity (Wildman–Crippen MR) is 44.5 cm³/mol. The van der Waals surface area contributed by atoms with Crippen LogP contribution in [-0.2, 0) is 7.05 Å². The van der Waals surface area contributed by atoms with Crippen LogP contribution >= 0.6 is 11.6 Å². The maximum atomic E-state index is 11.3. The Balaban J connectivity index is 3.02. The molecule has 1 heterocycles. The van der Waals surface area contributed by atoms with Crippen LogP contribution < -0.4 is 5.84 Å². The first-order valence-electron chi connectivity index (χ1n) is 3.24. The molecule has 0 saturated carbocycles. The summed E-state index contributed by atoms with van der Waals surface area (Å²) in [6, 6.07) is 1.47. The van der Waals surface area contributed by atoms with Gasteiger partial charge in [-0.1, -0.05) is 11.6 Å². The van der Waals surface area contributed by atoms with Gasteiger partial charge in [0.1, 0.15) is 5.69 Å². The molecule has 0 atom stereocenters. The number of carbonyl (C=O) groups is 1. The topological polar surface area (TPSA) is 64.2 Å². The monoisotopic (exact) mass is 188 g/mol. The zero-order valence-corrected chi connectivity index (χ0v) is 7.54. The number of carbonyl (C=O) groups excluding carboxylic acids is 1. The van der Waals surface area contributed by atoms with E-state index in [1.54, 1.807) is 7.05 Å². The van der Waals surface area contributed by atoms with Gasteiger partial charge in [-0.25, -0.2) is 5.84 Å². The maximum Gasteiger partial charge on any atom is 0.285 e. The van der Waals surface area contributed by atoms with Crippen LogP contribution in [0.15, 0.2) is 6.07 Å². The zero-order chi connectivity index (χ0) is 9.30. The lowest BCUT2D eigenvalue weighted by Crippen LogP contribution is -2.34. The number of hydrogen-bond donors (Lipinski definition) is 1. The minimum atomic E-state index is -0.322. The Labute approximate surface area is 74.7 Å². The molecule has 5 nitrogen and oxygen atoms in total. The van der Waals surface area contributed by atoms with Crippen LogP contribution in [0.2, 0.25) is 5.15 Å². The number of aryl methyl sites for hydroxylation is 1. The van der Waals surface area contributed by atoms with Gasteiger partial charge in [0, 0.05) is 20.2 Å². The fraction of sp³-hybridized carbons (Fsp3) is 0.333. The van der Waals surface area contributed by atoms with Crippen LogP contribution in [0.25, 0.3) is 0 Å². The van der Waals surface area contributed by atoms with Gasteiger partial charge in [0.15, 0.2) is 5.15 Å². The number of halogens is 1. The average molecular weight is 189 g/mol. The van der Waals surface area contributed by atoms with Gasteiger partial charge in [-0.2, -0.15) is 5.10 Å². The van der Waals surface area contributed by atoms with Crippen molar-refractivity contribution in [1.82, 2.24) is 14.8 Å². The van der Waals surface area contributed by atoms with E-state index in [0.717, 1.165) is 5.01 Å². The first-order chi connectivity index (χ1) is 5.52. The molecule has 6 heteroatoms. The van der Waals surface area contributed by atoms with E-state index in [2.05, 4.69) is 5.10 Å². The summed E-state index contributed by atoms with van der Waals surface area (Å²) in [7, 11) is 3.09. The summed E-state index contributed by atoms with van der Waals surface area (Å²) in [5.74, 6) is 4.92. The Morgan fingerprint density at radius 2 is 2.42 bits per heavy atom. The largest absolute Gasteiger partial charge is 0.285 e. The number of nitrogens with two attached hydrogens (primary N) is 1. The van der Waals surface area contributed by atoms with Gasteiger partial charge in [-0.15, -0.1) is 0 Å². The number of amides is 1. The molecule has 1 aromatic rings. The van der Waals surface area contributed by atoms with Crippen molar-refractivity contribution in [2.75, 3.05) is 7.05 Å². The first-order valence-corrected chi connectivity index (χ1v) is 3.62. The Morgan fingerprint density at radius 1 is 1.83 bits per heavy atom. The van der Waals surface area contributed by atoms with E-state index < -0.39 is 0 Å². The second-order valence-electron chi connectivity index (χ2n) is 2.39. The van der Waals surface area contributed by atoms with Gasteiger partial charge in [-0.05, 0) is 0 Å². The Kier molecular flexibility index (Phi) is 2.35. The van der Waals surface area contributed by atoms with E-state index in [0.29, 0.717) is 5.69 Å². The quantitative estimate of drug-likeness (QED) is 0.384. The number of nitrogens with zero attached hydrogens (tertiary/aromatic N) is 3. The summed E-state index contributed by atoms with van der Waals surface area (Å²) < 4.78 is 1.38. The molecule has 0 fully saturated rings. The van der Waals surface area contributed by atoms with Crippen LogP contribution in [0, 0.1) is 0 Å². The number of hydrazine groups is 1. The minimum Gasteiger partial charge on any atom is -0.278 e. The lowest BCUT2D eigenvalue weighted by molar-refractivity contribution is 0.0784. The molecule has 1 amide bonds. The molecule has 12 heavy (non-hydrogen) atoms. The van der Waals surface area contributed by atoms with Crippen molar-refractivity contribution >= 4 is 17.5 Å². The van der Waals surface area contributed by atoms with E-state index in [4.69, 9.17) is 17.4 Å². The SMILES string of the molecule is CN(N)C(=O)c1cc(Cl)nn1C. The van der Waals surface area contributed by atoms with E-state index in [9.17, 15) is 4.79 Å². The van der Waals surface area contributed by atoms with Gasteiger partial charge in [0.2, 0.25) is 0 Å². The lowest BCUT2D eigenvalue weighted by Gasteiger charge is -2.08. The molecular formula is C6H9ClN4O. The molecule has 0 radical (unpaired) electrons. The predicted octanol–water partition coefficient (Wildman–Crippen LogP) is 0.0192. The van der Waals surface area contributed by atoms with Crippen molar-refractivity contribution in [3.63, 3.8) is 0 Å². The Hall–Kier alpha value is -1.07. The van der Waals surface area contributed by atoms with Crippen LogP contribution in [0.1, 0.15) is 10.5 Å². The zero-order valence-electron chi connectivity index (χ0n) is 6.78. The summed E-state index contributed by atoms with van der Waals surface area (Å²) >= 11 is 5.57. The molecule has 0 saturated heterocycles. The van der Waals surface area contributed by atoms with E-state index in [-0.39, 0.29) is 11.1 Å². The highest BCUT2D eigenvalue weighted by Gasteiger charge is 2.13. The second kappa shape index (κ2) is 3.12. The highest BCUT2D eigenvalue weighted by Crippen LogP contribution is 2.08. The fourth-order valence-corrected chi connectivity index (χ4v) is 1.03. The third-order valence-electron chi connectivity index (χ3n) is 1.39. The fourth-order valence-electron chi connectivity index (χ4n) is 0.813.